The van der Waals surface area contributed by atoms with E-state index in [9.17, 15) is 0 Å². The maximum Gasteiger partial charge on any atom is 0.0328 e. The number of hydrogen-bond donors (Lipinski definition) is 1. The van der Waals surface area contributed by atoms with Crippen LogP contribution in [-0.4, -0.2) is 18.5 Å². The van der Waals surface area contributed by atoms with Crippen molar-refractivity contribution in [3.63, 3.8) is 0 Å². The molecule has 19 heavy (non-hydrogen) atoms. The molecule has 100 valence electrons. The molecule has 2 N–H and O–H groups in total. The van der Waals surface area contributed by atoms with Gasteiger partial charge in [0.1, 0.15) is 0 Å². The van der Waals surface area contributed by atoms with Crippen LogP contribution in [-0.2, 0) is 13.0 Å². The van der Waals surface area contributed by atoms with Crippen LogP contribution in [0.15, 0.2) is 53.0 Å². The third-order valence-electron chi connectivity index (χ3n) is 3.06. The van der Waals surface area contributed by atoms with E-state index < -0.39 is 0 Å². The first kappa shape index (κ1) is 14.1. The lowest BCUT2D eigenvalue weighted by Crippen LogP contribution is -2.20. The third-order valence-corrected chi connectivity index (χ3v) is 3.52. The van der Waals surface area contributed by atoms with Crippen molar-refractivity contribution in [2.45, 2.75) is 13.0 Å². The molecule has 0 radical (unpaired) electrons. The summed E-state index contributed by atoms with van der Waals surface area (Å²) in [6.45, 7) is 1.95. The minimum Gasteiger partial charge on any atom is -0.399 e. The summed E-state index contributed by atoms with van der Waals surface area (Å²) in [5.74, 6) is 0. The standard InChI is InChI=1S/C16H19BrN2/c1-19(8-7-13-5-3-2-4-6-13)12-14-9-15(17)11-16(18)10-14/h2-6,9-11H,7-8,12,18H2,1H3. The van der Waals surface area contributed by atoms with Crippen molar-refractivity contribution in [1.29, 1.82) is 0 Å². The monoisotopic (exact) mass is 318 g/mol. The Morgan fingerprint density at radius 3 is 2.47 bits per heavy atom. The number of halogens is 1. The fourth-order valence-electron chi connectivity index (χ4n) is 2.12. The Bertz CT molecular complexity index is 505. The van der Waals surface area contributed by atoms with Gasteiger partial charge >= 0.3 is 0 Å². The van der Waals surface area contributed by atoms with Crippen LogP contribution in [0.2, 0.25) is 0 Å². The zero-order chi connectivity index (χ0) is 13.7. The molecule has 3 heteroatoms. The van der Waals surface area contributed by atoms with E-state index in [0.29, 0.717) is 0 Å². The fourth-order valence-corrected chi connectivity index (χ4v) is 2.68. The number of benzene rings is 2. The van der Waals surface area contributed by atoms with Crippen LogP contribution in [0.5, 0.6) is 0 Å². The molecule has 0 aromatic heterocycles. The van der Waals surface area contributed by atoms with Crippen LogP contribution in [0.25, 0.3) is 0 Å². The van der Waals surface area contributed by atoms with Crippen LogP contribution in [0.3, 0.4) is 0 Å². The molecule has 0 saturated carbocycles. The SMILES string of the molecule is CN(CCc1ccccc1)Cc1cc(N)cc(Br)c1. The van der Waals surface area contributed by atoms with Crippen LogP contribution in [0, 0.1) is 0 Å². The molecule has 0 unspecified atom stereocenters. The van der Waals surface area contributed by atoms with Crippen LogP contribution >= 0.6 is 15.9 Å². The summed E-state index contributed by atoms with van der Waals surface area (Å²) >= 11 is 3.48. The summed E-state index contributed by atoms with van der Waals surface area (Å²) in [5.41, 5.74) is 9.27. The van der Waals surface area contributed by atoms with Gasteiger partial charge in [0.2, 0.25) is 0 Å². The molecule has 2 rings (SSSR count). The number of nitrogens with two attached hydrogens (primary N) is 1. The second-order valence-corrected chi connectivity index (χ2v) is 5.78. The maximum absolute atomic E-state index is 5.85. The van der Waals surface area contributed by atoms with E-state index in [4.69, 9.17) is 5.73 Å². The molecule has 2 nitrogen and oxygen atoms in total. The summed E-state index contributed by atoms with van der Waals surface area (Å²) in [5, 5.41) is 0. The molecule has 2 aromatic rings. The van der Waals surface area contributed by atoms with Crippen LogP contribution < -0.4 is 5.73 Å². The van der Waals surface area contributed by atoms with Crippen molar-refractivity contribution in [3.05, 3.63) is 64.1 Å². The second kappa shape index (κ2) is 6.73. The maximum atomic E-state index is 5.85. The minimum atomic E-state index is 0.806. The molecule has 0 atom stereocenters. The molecule has 0 aliphatic heterocycles. The van der Waals surface area contributed by atoms with Gasteiger partial charge in [-0.15, -0.1) is 0 Å². The van der Waals surface area contributed by atoms with Crippen molar-refractivity contribution < 1.29 is 0 Å². The number of hydrogen-bond acceptors (Lipinski definition) is 2. The molecular weight excluding hydrogens is 300 g/mol. The van der Waals surface area contributed by atoms with E-state index in [1.54, 1.807) is 0 Å². The number of likely N-dealkylation sites (N-methyl/N-ethyl adjacent to an activating group) is 1. The summed E-state index contributed by atoms with van der Waals surface area (Å²) in [6.07, 6.45) is 1.07. The largest absolute Gasteiger partial charge is 0.399 e. The highest BCUT2D eigenvalue weighted by molar-refractivity contribution is 9.10. The summed E-state index contributed by atoms with van der Waals surface area (Å²) in [6, 6.07) is 16.6. The van der Waals surface area contributed by atoms with Crippen LogP contribution in [0.4, 0.5) is 5.69 Å². The summed E-state index contributed by atoms with van der Waals surface area (Å²) in [4.78, 5) is 2.31. The molecule has 0 aliphatic rings. The van der Waals surface area contributed by atoms with Gasteiger partial charge in [0.15, 0.2) is 0 Å². The summed E-state index contributed by atoms with van der Waals surface area (Å²) < 4.78 is 1.04. The topological polar surface area (TPSA) is 29.3 Å². The number of nitrogens with zero attached hydrogens (tertiary/aromatic N) is 1. The van der Waals surface area contributed by atoms with Gasteiger partial charge in [-0.3, -0.25) is 0 Å². The van der Waals surface area contributed by atoms with Crippen molar-refractivity contribution >= 4 is 21.6 Å². The van der Waals surface area contributed by atoms with Crippen molar-refractivity contribution in [2.24, 2.45) is 0 Å². The minimum absolute atomic E-state index is 0.806. The Morgan fingerprint density at radius 2 is 1.79 bits per heavy atom. The fraction of sp³-hybridized carbons (Fsp3) is 0.250. The molecule has 0 fully saturated rings. The first-order valence-electron chi connectivity index (χ1n) is 6.41. The van der Waals surface area contributed by atoms with E-state index in [-0.39, 0.29) is 0 Å². The molecule has 2 aromatic carbocycles. The van der Waals surface area contributed by atoms with E-state index in [2.05, 4.69) is 64.3 Å². The summed E-state index contributed by atoms with van der Waals surface area (Å²) in [7, 11) is 2.14. The zero-order valence-electron chi connectivity index (χ0n) is 11.1. The van der Waals surface area contributed by atoms with Gasteiger partial charge in [-0.1, -0.05) is 46.3 Å². The first-order chi connectivity index (χ1) is 9.13. The molecule has 0 amide bonds. The first-order valence-corrected chi connectivity index (χ1v) is 7.20. The average molecular weight is 319 g/mol. The Balaban J connectivity index is 1.89. The average Bonchev–Trinajstić information content (AvgIpc) is 2.36. The van der Waals surface area contributed by atoms with Crippen LogP contribution in [0.1, 0.15) is 11.1 Å². The predicted molar refractivity (Wildman–Crippen MR) is 85.0 cm³/mol. The van der Waals surface area contributed by atoms with Crippen molar-refractivity contribution in [3.8, 4) is 0 Å². The highest BCUT2D eigenvalue weighted by atomic mass is 79.9. The van der Waals surface area contributed by atoms with Gasteiger partial charge in [-0.2, -0.15) is 0 Å². The lowest BCUT2D eigenvalue weighted by molar-refractivity contribution is 0.331. The molecular formula is C16H19BrN2. The Hall–Kier alpha value is -1.32. The molecule has 0 heterocycles. The lowest BCUT2D eigenvalue weighted by Gasteiger charge is -2.17. The van der Waals surface area contributed by atoms with Gasteiger partial charge in [0, 0.05) is 23.2 Å². The molecule has 0 aliphatic carbocycles. The van der Waals surface area contributed by atoms with Gasteiger partial charge in [0.25, 0.3) is 0 Å². The Morgan fingerprint density at radius 1 is 1.05 bits per heavy atom. The highest BCUT2D eigenvalue weighted by Gasteiger charge is 2.03. The number of nitrogen functional groups attached to an aromatic ring is 1. The third kappa shape index (κ3) is 4.69. The van der Waals surface area contributed by atoms with Gasteiger partial charge in [0.05, 0.1) is 0 Å². The Labute approximate surface area is 123 Å². The smallest absolute Gasteiger partial charge is 0.0328 e. The lowest BCUT2D eigenvalue weighted by atomic mass is 10.1. The van der Waals surface area contributed by atoms with Gasteiger partial charge < -0.3 is 10.6 Å². The molecule has 0 spiro atoms. The zero-order valence-corrected chi connectivity index (χ0v) is 12.7. The van der Waals surface area contributed by atoms with E-state index >= 15 is 0 Å². The predicted octanol–water partition coefficient (Wildman–Crippen LogP) is 3.71. The molecule has 0 bridgehead atoms. The number of rotatable bonds is 5. The quantitative estimate of drug-likeness (QED) is 0.852. The van der Waals surface area contributed by atoms with E-state index in [1.807, 2.05) is 12.1 Å². The van der Waals surface area contributed by atoms with E-state index in [0.717, 1.165) is 29.7 Å². The number of anilines is 1. The highest BCUT2D eigenvalue weighted by Crippen LogP contribution is 2.18. The second-order valence-electron chi connectivity index (χ2n) is 4.87. The van der Waals surface area contributed by atoms with Gasteiger partial charge in [-0.05, 0) is 42.8 Å². The normalized spacial score (nSPS) is 10.9. The van der Waals surface area contributed by atoms with Crippen molar-refractivity contribution in [2.75, 3.05) is 19.3 Å². The van der Waals surface area contributed by atoms with Crippen molar-refractivity contribution in [1.82, 2.24) is 4.90 Å². The Kier molecular flexibility index (Phi) is 5.00. The molecule has 0 saturated heterocycles. The van der Waals surface area contributed by atoms with E-state index in [1.165, 1.54) is 11.1 Å². The van der Waals surface area contributed by atoms with Gasteiger partial charge in [-0.25, -0.2) is 0 Å².